The Hall–Kier alpha value is -4.52. The van der Waals surface area contributed by atoms with Crippen LogP contribution >= 0.6 is 0 Å². The molecule has 0 aliphatic rings. The zero-order valence-electron chi connectivity index (χ0n) is 16.1. The van der Waals surface area contributed by atoms with Crippen molar-refractivity contribution < 1.29 is 29.3 Å². The summed E-state index contributed by atoms with van der Waals surface area (Å²) < 4.78 is 11.6. The summed E-state index contributed by atoms with van der Waals surface area (Å²) in [5, 5.41) is 20.2. The van der Waals surface area contributed by atoms with Gasteiger partial charge in [-0.25, -0.2) is 9.59 Å². The largest absolute Gasteiger partial charge is 0.478 e. The molecule has 0 bridgehead atoms. The Kier molecular flexibility index (Phi) is 5.15. The Morgan fingerprint density at radius 1 is 0.581 bits per heavy atom. The fourth-order valence-corrected chi connectivity index (χ4v) is 3.09. The first-order valence-electron chi connectivity index (χ1n) is 9.25. The molecule has 154 valence electrons. The minimum Gasteiger partial charge on any atom is -0.478 e. The van der Waals surface area contributed by atoms with Gasteiger partial charge in [0.05, 0.1) is 11.1 Å². The van der Waals surface area contributed by atoms with E-state index in [1.807, 2.05) is 24.3 Å². The minimum atomic E-state index is -1.34. The molecule has 0 spiro atoms. The van der Waals surface area contributed by atoms with Gasteiger partial charge in [-0.15, -0.1) is 0 Å². The van der Waals surface area contributed by atoms with Gasteiger partial charge in [-0.1, -0.05) is 12.1 Å². The quantitative estimate of drug-likeness (QED) is 0.361. The van der Waals surface area contributed by atoms with Crippen molar-refractivity contribution in [2.45, 2.75) is 0 Å². The van der Waals surface area contributed by atoms with Crippen LogP contribution in [0.15, 0.2) is 78.9 Å². The van der Waals surface area contributed by atoms with Crippen LogP contribution in [0.4, 0.5) is 5.69 Å². The highest BCUT2D eigenvalue weighted by Crippen LogP contribution is 2.31. The molecule has 0 fully saturated rings. The van der Waals surface area contributed by atoms with Crippen LogP contribution < -0.4 is 15.2 Å². The van der Waals surface area contributed by atoms with E-state index in [4.69, 9.17) is 20.3 Å². The summed E-state index contributed by atoms with van der Waals surface area (Å²) >= 11 is 0. The molecule has 0 aromatic heterocycles. The van der Waals surface area contributed by atoms with Crippen molar-refractivity contribution in [3.63, 3.8) is 0 Å². The molecule has 4 aromatic carbocycles. The molecule has 0 amide bonds. The third kappa shape index (κ3) is 4.40. The summed E-state index contributed by atoms with van der Waals surface area (Å²) in [6, 6.07) is 21.9. The normalized spacial score (nSPS) is 10.6. The molecular formula is C24H17NO6. The van der Waals surface area contributed by atoms with Gasteiger partial charge in [0.1, 0.15) is 23.0 Å². The standard InChI is InChI=1S/C24H17NO6/c25-16-3-7-17(8-4-16)30-18-5-1-15-12-19(6-2-14(15)11-18)31-20-9-10-21(23(26)27)22(13-20)24(28)29/h1-13H,25H2,(H,26,27)(H,28,29). The number of rotatable bonds is 6. The first kappa shape index (κ1) is 19.8. The lowest BCUT2D eigenvalue weighted by atomic mass is 10.1. The SMILES string of the molecule is Nc1ccc(Oc2ccc3cc(Oc4ccc(C(=O)O)c(C(=O)O)c4)ccc3c2)cc1. The van der Waals surface area contributed by atoms with Crippen molar-refractivity contribution in [1.82, 2.24) is 0 Å². The first-order valence-corrected chi connectivity index (χ1v) is 9.25. The second kappa shape index (κ2) is 8.08. The molecule has 7 heteroatoms. The fourth-order valence-electron chi connectivity index (χ4n) is 3.09. The third-order valence-corrected chi connectivity index (χ3v) is 4.59. The highest BCUT2D eigenvalue weighted by molar-refractivity contribution is 6.02. The highest BCUT2D eigenvalue weighted by atomic mass is 16.5. The molecule has 4 aromatic rings. The maximum Gasteiger partial charge on any atom is 0.336 e. The number of ether oxygens (including phenoxy) is 2. The predicted octanol–water partition coefficient (Wildman–Crippen LogP) is 5.40. The smallest absolute Gasteiger partial charge is 0.336 e. The van der Waals surface area contributed by atoms with Crippen molar-refractivity contribution in [1.29, 1.82) is 0 Å². The summed E-state index contributed by atoms with van der Waals surface area (Å²) in [6.07, 6.45) is 0. The summed E-state index contributed by atoms with van der Waals surface area (Å²) in [6.45, 7) is 0. The Balaban J connectivity index is 1.57. The highest BCUT2D eigenvalue weighted by Gasteiger charge is 2.17. The van der Waals surface area contributed by atoms with Gasteiger partial charge in [0.25, 0.3) is 0 Å². The molecule has 0 unspecified atom stereocenters. The van der Waals surface area contributed by atoms with E-state index in [1.165, 1.54) is 18.2 Å². The van der Waals surface area contributed by atoms with E-state index >= 15 is 0 Å². The van der Waals surface area contributed by atoms with Crippen LogP contribution in [0, 0.1) is 0 Å². The van der Waals surface area contributed by atoms with Gasteiger partial charge in [-0.2, -0.15) is 0 Å². The summed E-state index contributed by atoms with van der Waals surface area (Å²) in [7, 11) is 0. The number of hydrogen-bond donors (Lipinski definition) is 3. The molecule has 31 heavy (non-hydrogen) atoms. The van der Waals surface area contributed by atoms with E-state index < -0.39 is 11.9 Å². The van der Waals surface area contributed by atoms with Crippen molar-refractivity contribution in [2.24, 2.45) is 0 Å². The number of benzene rings is 4. The molecule has 0 atom stereocenters. The molecule has 0 heterocycles. The molecule has 0 radical (unpaired) electrons. The lowest BCUT2D eigenvalue weighted by Gasteiger charge is -2.10. The Morgan fingerprint density at radius 3 is 1.58 bits per heavy atom. The van der Waals surface area contributed by atoms with Crippen molar-refractivity contribution in [2.75, 3.05) is 5.73 Å². The topological polar surface area (TPSA) is 119 Å². The maximum absolute atomic E-state index is 11.3. The van der Waals surface area contributed by atoms with Crippen molar-refractivity contribution >= 4 is 28.4 Å². The lowest BCUT2D eigenvalue weighted by Crippen LogP contribution is -2.07. The van der Waals surface area contributed by atoms with Crippen LogP contribution in [0.2, 0.25) is 0 Å². The Morgan fingerprint density at radius 2 is 1.03 bits per heavy atom. The molecule has 4 rings (SSSR count). The van der Waals surface area contributed by atoms with Crippen LogP contribution in [-0.4, -0.2) is 22.2 Å². The van der Waals surface area contributed by atoms with Crippen LogP contribution in [-0.2, 0) is 0 Å². The second-order valence-corrected chi connectivity index (χ2v) is 6.76. The second-order valence-electron chi connectivity index (χ2n) is 6.76. The maximum atomic E-state index is 11.3. The van der Waals surface area contributed by atoms with Gasteiger partial charge in [-0.3, -0.25) is 0 Å². The molecule has 0 aliphatic carbocycles. The van der Waals surface area contributed by atoms with E-state index in [9.17, 15) is 14.7 Å². The number of carbonyl (C=O) groups is 2. The van der Waals surface area contributed by atoms with Crippen LogP contribution in [0.1, 0.15) is 20.7 Å². The number of carboxylic acids is 2. The van der Waals surface area contributed by atoms with Crippen molar-refractivity contribution in [3.8, 4) is 23.0 Å². The minimum absolute atomic E-state index is 0.227. The lowest BCUT2D eigenvalue weighted by molar-refractivity contribution is 0.0651. The first-order chi connectivity index (χ1) is 14.9. The monoisotopic (exact) mass is 415 g/mol. The van der Waals surface area contributed by atoms with E-state index in [0.717, 1.165) is 10.8 Å². The number of carboxylic acid groups (broad SMARTS) is 2. The number of fused-ring (bicyclic) bond motifs is 1. The number of aromatic carboxylic acids is 2. The molecular weight excluding hydrogens is 398 g/mol. The predicted molar refractivity (Wildman–Crippen MR) is 115 cm³/mol. The third-order valence-electron chi connectivity index (χ3n) is 4.59. The van der Waals surface area contributed by atoms with Gasteiger partial charge < -0.3 is 25.4 Å². The van der Waals surface area contributed by atoms with E-state index in [0.29, 0.717) is 22.9 Å². The number of nitrogens with two attached hydrogens (primary N) is 1. The Bertz CT molecular complexity index is 1300. The average molecular weight is 415 g/mol. The molecule has 0 aliphatic heterocycles. The number of anilines is 1. The van der Waals surface area contributed by atoms with Crippen LogP contribution in [0.25, 0.3) is 10.8 Å². The molecule has 0 saturated heterocycles. The van der Waals surface area contributed by atoms with E-state index in [1.54, 1.807) is 36.4 Å². The fraction of sp³-hybridized carbons (Fsp3) is 0. The van der Waals surface area contributed by atoms with Gasteiger partial charge in [-0.05, 0) is 77.5 Å². The summed E-state index contributed by atoms with van der Waals surface area (Å²) in [5.74, 6) is -0.598. The number of nitrogen functional groups attached to an aromatic ring is 1. The van der Waals surface area contributed by atoms with Gasteiger partial charge in [0, 0.05) is 5.69 Å². The molecule has 0 saturated carbocycles. The van der Waals surface area contributed by atoms with Gasteiger partial charge in [0.15, 0.2) is 0 Å². The van der Waals surface area contributed by atoms with Crippen LogP contribution in [0.5, 0.6) is 23.0 Å². The Labute approximate surface area is 176 Å². The molecule has 7 nitrogen and oxygen atoms in total. The summed E-state index contributed by atoms with van der Waals surface area (Å²) in [5.41, 5.74) is 5.71. The average Bonchev–Trinajstić information content (AvgIpc) is 2.75. The zero-order chi connectivity index (χ0) is 22.0. The van der Waals surface area contributed by atoms with Crippen molar-refractivity contribution in [3.05, 3.63) is 90.0 Å². The summed E-state index contributed by atoms with van der Waals surface area (Å²) in [4.78, 5) is 22.5. The van der Waals surface area contributed by atoms with Crippen LogP contribution in [0.3, 0.4) is 0 Å². The molecule has 4 N–H and O–H groups in total. The zero-order valence-corrected chi connectivity index (χ0v) is 16.1. The number of hydrogen-bond acceptors (Lipinski definition) is 5. The van der Waals surface area contributed by atoms with Gasteiger partial charge in [0.2, 0.25) is 0 Å². The van der Waals surface area contributed by atoms with E-state index in [2.05, 4.69) is 0 Å². The van der Waals surface area contributed by atoms with Gasteiger partial charge >= 0.3 is 11.9 Å². The van der Waals surface area contributed by atoms with E-state index in [-0.39, 0.29) is 16.9 Å².